The van der Waals surface area contributed by atoms with E-state index >= 15 is 0 Å². The molecule has 2 amide bonds. The molecule has 7 nitrogen and oxygen atoms in total. The highest BCUT2D eigenvalue weighted by Gasteiger charge is 2.03. The molecule has 2 aromatic rings. The Morgan fingerprint density at radius 3 is 2.47 bits per heavy atom. The van der Waals surface area contributed by atoms with E-state index in [4.69, 9.17) is 5.21 Å². The quantitative estimate of drug-likeness (QED) is 0.735. The SMILES string of the molecule is O=C(Nc1ccccc1)Nc1ccc(N([O-])O)cn1. The molecule has 0 spiro atoms. The van der Waals surface area contributed by atoms with Gasteiger partial charge in [0.1, 0.15) is 5.82 Å². The second kappa shape index (κ2) is 5.80. The van der Waals surface area contributed by atoms with Crippen molar-refractivity contribution in [1.29, 1.82) is 0 Å². The zero-order valence-corrected chi connectivity index (χ0v) is 9.78. The molecule has 7 heteroatoms. The first-order chi connectivity index (χ1) is 9.15. The number of pyridine rings is 1. The van der Waals surface area contributed by atoms with Crippen molar-refractivity contribution in [2.24, 2.45) is 0 Å². The standard InChI is InChI=1S/C12H11N4O3/c17-12(14-9-4-2-1-3-5-9)15-11-7-6-10(8-13-11)16(18)19/h1-8,18H,(H2,13,14,15,17)/q-1. The maximum absolute atomic E-state index is 11.6. The third-order valence-electron chi connectivity index (χ3n) is 2.24. The van der Waals surface area contributed by atoms with Crippen molar-refractivity contribution in [3.8, 4) is 0 Å². The second-order valence-corrected chi connectivity index (χ2v) is 3.62. The van der Waals surface area contributed by atoms with Crippen molar-refractivity contribution in [3.63, 3.8) is 0 Å². The van der Waals surface area contributed by atoms with Gasteiger partial charge in [-0.25, -0.2) is 9.78 Å². The molecule has 1 aromatic heterocycles. The molecule has 0 unspecified atom stereocenters. The average molecular weight is 259 g/mol. The summed E-state index contributed by atoms with van der Waals surface area (Å²) in [5, 5.41) is 24.0. The van der Waals surface area contributed by atoms with Gasteiger partial charge in [0, 0.05) is 5.69 Å². The number of para-hydroxylation sites is 1. The van der Waals surface area contributed by atoms with Crippen LogP contribution in [0.5, 0.6) is 0 Å². The van der Waals surface area contributed by atoms with E-state index in [1.165, 1.54) is 12.1 Å². The summed E-state index contributed by atoms with van der Waals surface area (Å²) >= 11 is 0. The van der Waals surface area contributed by atoms with Gasteiger partial charge in [0.25, 0.3) is 0 Å². The molecule has 0 fully saturated rings. The molecule has 0 atom stereocenters. The summed E-state index contributed by atoms with van der Waals surface area (Å²) < 4.78 is 0. The van der Waals surface area contributed by atoms with Crippen LogP contribution in [0.1, 0.15) is 0 Å². The van der Waals surface area contributed by atoms with Gasteiger partial charge in [-0.1, -0.05) is 18.2 Å². The average Bonchev–Trinajstić information content (AvgIpc) is 2.40. The number of hydrogen-bond acceptors (Lipinski definition) is 5. The molecular weight excluding hydrogens is 248 g/mol. The highest BCUT2D eigenvalue weighted by atomic mass is 16.8. The number of hydrogen-bond donors (Lipinski definition) is 3. The minimum absolute atomic E-state index is 0.0194. The van der Waals surface area contributed by atoms with Crippen LogP contribution in [0.25, 0.3) is 0 Å². The topological polar surface area (TPSA) is 101 Å². The van der Waals surface area contributed by atoms with Gasteiger partial charge in [-0.15, -0.1) is 0 Å². The summed E-state index contributed by atoms with van der Waals surface area (Å²) in [7, 11) is 0. The van der Waals surface area contributed by atoms with Gasteiger partial charge in [-0.05, 0) is 24.3 Å². The Hall–Kier alpha value is -2.64. The Bertz CT molecular complexity index is 543. The number of anilines is 3. The molecular formula is C12H11N4O3-. The maximum Gasteiger partial charge on any atom is 0.324 e. The van der Waals surface area contributed by atoms with E-state index < -0.39 is 6.03 Å². The number of amides is 2. The highest BCUT2D eigenvalue weighted by Crippen LogP contribution is 2.13. The number of carbonyl (C=O) groups is 1. The molecule has 0 saturated carbocycles. The number of nitrogens with one attached hydrogen (secondary N) is 2. The Labute approximate surface area is 109 Å². The molecule has 2 rings (SSSR count). The minimum atomic E-state index is -0.450. The zero-order chi connectivity index (χ0) is 13.7. The number of carbonyl (C=O) groups excluding carboxylic acids is 1. The third kappa shape index (κ3) is 3.66. The Balaban J connectivity index is 1.95. The lowest BCUT2D eigenvalue weighted by atomic mass is 10.3. The van der Waals surface area contributed by atoms with Crippen LogP contribution >= 0.6 is 0 Å². The van der Waals surface area contributed by atoms with Crippen LogP contribution in [0.4, 0.5) is 22.0 Å². The van der Waals surface area contributed by atoms with Gasteiger partial charge in [0.2, 0.25) is 0 Å². The van der Waals surface area contributed by atoms with Crippen LogP contribution in [0, 0.1) is 5.21 Å². The first-order valence-corrected chi connectivity index (χ1v) is 5.40. The predicted octanol–water partition coefficient (Wildman–Crippen LogP) is 2.42. The lowest BCUT2D eigenvalue weighted by molar-refractivity contribution is 0.262. The molecule has 0 aliphatic carbocycles. The van der Waals surface area contributed by atoms with Crippen LogP contribution < -0.4 is 15.9 Å². The van der Waals surface area contributed by atoms with Crippen LogP contribution in [-0.4, -0.2) is 16.2 Å². The third-order valence-corrected chi connectivity index (χ3v) is 2.24. The fourth-order valence-electron chi connectivity index (χ4n) is 1.37. The number of benzene rings is 1. The molecule has 0 bridgehead atoms. The van der Waals surface area contributed by atoms with Crippen molar-refractivity contribution in [2.75, 3.05) is 15.9 Å². The fraction of sp³-hybridized carbons (Fsp3) is 0. The summed E-state index contributed by atoms with van der Waals surface area (Å²) in [5.74, 6) is 0.263. The van der Waals surface area contributed by atoms with Crippen molar-refractivity contribution < 1.29 is 10.0 Å². The van der Waals surface area contributed by atoms with Crippen molar-refractivity contribution in [2.45, 2.75) is 0 Å². The number of aromatic nitrogens is 1. The smallest absolute Gasteiger partial charge is 0.324 e. The van der Waals surface area contributed by atoms with Crippen molar-refractivity contribution in [1.82, 2.24) is 4.98 Å². The summed E-state index contributed by atoms with van der Waals surface area (Å²) in [5.41, 5.74) is 0.631. The van der Waals surface area contributed by atoms with Gasteiger partial charge < -0.3 is 15.8 Å². The van der Waals surface area contributed by atoms with E-state index in [1.54, 1.807) is 24.3 Å². The normalized spacial score (nSPS) is 9.79. The summed E-state index contributed by atoms with van der Waals surface area (Å²) in [6.45, 7) is 0. The molecule has 0 aliphatic rings. The maximum atomic E-state index is 11.6. The van der Waals surface area contributed by atoms with Crippen LogP contribution in [-0.2, 0) is 0 Å². The summed E-state index contributed by atoms with van der Waals surface area (Å²) in [6, 6.07) is 11.2. The van der Waals surface area contributed by atoms with Crippen LogP contribution in [0.2, 0.25) is 0 Å². The molecule has 19 heavy (non-hydrogen) atoms. The highest BCUT2D eigenvalue weighted by molar-refractivity contribution is 5.99. The molecule has 0 aliphatic heterocycles. The van der Waals surface area contributed by atoms with Gasteiger partial charge >= 0.3 is 6.03 Å². The number of nitrogens with zero attached hydrogens (tertiary/aromatic N) is 2. The van der Waals surface area contributed by atoms with Gasteiger partial charge in [0.05, 0.1) is 11.9 Å². The molecule has 1 heterocycles. The second-order valence-electron chi connectivity index (χ2n) is 3.62. The fourth-order valence-corrected chi connectivity index (χ4v) is 1.37. The Morgan fingerprint density at radius 2 is 1.89 bits per heavy atom. The van der Waals surface area contributed by atoms with E-state index in [0.717, 1.165) is 6.20 Å². The predicted molar refractivity (Wildman–Crippen MR) is 71.0 cm³/mol. The van der Waals surface area contributed by atoms with E-state index in [9.17, 15) is 10.0 Å². The van der Waals surface area contributed by atoms with Crippen molar-refractivity contribution in [3.05, 3.63) is 53.9 Å². The minimum Gasteiger partial charge on any atom is -0.733 e. The van der Waals surface area contributed by atoms with Gasteiger partial charge in [-0.2, -0.15) is 0 Å². The monoisotopic (exact) mass is 259 g/mol. The number of urea groups is 1. The zero-order valence-electron chi connectivity index (χ0n) is 9.78. The molecule has 1 aromatic carbocycles. The summed E-state index contributed by atoms with van der Waals surface area (Å²) in [4.78, 5) is 15.4. The van der Waals surface area contributed by atoms with E-state index in [1.807, 2.05) is 6.07 Å². The van der Waals surface area contributed by atoms with E-state index in [0.29, 0.717) is 5.69 Å². The first-order valence-electron chi connectivity index (χ1n) is 5.40. The van der Waals surface area contributed by atoms with Crippen LogP contribution in [0.15, 0.2) is 48.7 Å². The lowest BCUT2D eigenvalue weighted by Gasteiger charge is -2.20. The van der Waals surface area contributed by atoms with Crippen molar-refractivity contribution >= 4 is 23.2 Å². The Morgan fingerprint density at radius 1 is 1.16 bits per heavy atom. The first kappa shape index (κ1) is 12.8. The molecule has 3 N–H and O–H groups in total. The Kier molecular flexibility index (Phi) is 3.91. The summed E-state index contributed by atoms with van der Waals surface area (Å²) in [6.07, 6.45) is 1.14. The van der Waals surface area contributed by atoms with Crippen LogP contribution in [0.3, 0.4) is 0 Å². The lowest BCUT2D eigenvalue weighted by Crippen LogP contribution is -2.20. The van der Waals surface area contributed by atoms with E-state index in [-0.39, 0.29) is 16.7 Å². The van der Waals surface area contributed by atoms with Gasteiger partial charge in [-0.3, -0.25) is 10.5 Å². The largest absolute Gasteiger partial charge is 0.733 e. The molecule has 0 radical (unpaired) electrons. The van der Waals surface area contributed by atoms with Gasteiger partial charge in [0.15, 0.2) is 0 Å². The molecule has 0 saturated heterocycles. The van der Waals surface area contributed by atoms with E-state index in [2.05, 4.69) is 15.6 Å². The molecule has 98 valence electrons. The number of rotatable bonds is 3.